The summed E-state index contributed by atoms with van der Waals surface area (Å²) in [5.74, 6) is 0.575. The van der Waals surface area contributed by atoms with E-state index in [1.807, 2.05) is 39.0 Å². The number of fused-ring (bicyclic) bond motifs is 1. The molecule has 0 saturated carbocycles. The van der Waals surface area contributed by atoms with E-state index < -0.39 is 0 Å². The van der Waals surface area contributed by atoms with Crippen LogP contribution in [-0.2, 0) is 13.0 Å². The number of aromatic nitrogens is 2. The molecule has 0 amide bonds. The first kappa shape index (κ1) is 15.3. The molecule has 1 N–H and O–H groups in total. The van der Waals surface area contributed by atoms with Gasteiger partial charge in [-0.25, -0.2) is 9.66 Å². The van der Waals surface area contributed by atoms with Gasteiger partial charge >= 0.3 is 0 Å². The lowest BCUT2D eigenvalue weighted by Crippen LogP contribution is -2.30. The molecule has 0 aliphatic rings. The molecule has 0 aliphatic heterocycles. The molecule has 3 rings (SSSR count). The summed E-state index contributed by atoms with van der Waals surface area (Å²) in [5, 5.41) is 0. The van der Waals surface area contributed by atoms with Crippen LogP contribution in [0.25, 0.3) is 11.1 Å². The summed E-state index contributed by atoms with van der Waals surface area (Å²) in [6.45, 7) is 8.39. The molecule has 120 valence electrons. The predicted molar refractivity (Wildman–Crippen MR) is 91.4 cm³/mol. The molecule has 3 aromatic rings. The van der Waals surface area contributed by atoms with Crippen LogP contribution in [0, 0.1) is 20.8 Å². The van der Waals surface area contributed by atoms with Crippen LogP contribution in [0.1, 0.15) is 35.2 Å². The van der Waals surface area contributed by atoms with Gasteiger partial charge in [0.2, 0.25) is 5.89 Å². The molecule has 5 nitrogen and oxygen atoms in total. The van der Waals surface area contributed by atoms with Crippen LogP contribution < -0.4 is 11.0 Å². The lowest BCUT2D eigenvalue weighted by molar-refractivity contribution is 0.525. The Balaban J connectivity index is 1.91. The second kappa shape index (κ2) is 5.91. The molecular weight excluding hydrogens is 290 g/mol. The number of oxazole rings is 1. The van der Waals surface area contributed by atoms with Crippen molar-refractivity contribution in [3.63, 3.8) is 0 Å². The first-order valence-corrected chi connectivity index (χ1v) is 7.82. The maximum atomic E-state index is 12.1. The zero-order valence-corrected chi connectivity index (χ0v) is 13.9. The van der Waals surface area contributed by atoms with Gasteiger partial charge in [-0.2, -0.15) is 0 Å². The van der Waals surface area contributed by atoms with Crippen LogP contribution in [-0.4, -0.2) is 9.66 Å². The second-order valence-corrected chi connectivity index (χ2v) is 5.79. The normalized spacial score (nSPS) is 11.1. The van der Waals surface area contributed by atoms with Crippen molar-refractivity contribution in [3.8, 4) is 0 Å². The minimum atomic E-state index is -0.0804. The molecule has 0 aliphatic carbocycles. The Bertz CT molecular complexity index is 883. The first-order valence-electron chi connectivity index (χ1n) is 7.82. The third-order valence-electron chi connectivity index (χ3n) is 4.20. The summed E-state index contributed by atoms with van der Waals surface area (Å²) >= 11 is 0. The molecule has 0 bridgehead atoms. The lowest BCUT2D eigenvalue weighted by Gasteiger charge is -2.13. The molecule has 23 heavy (non-hydrogen) atoms. The van der Waals surface area contributed by atoms with Crippen molar-refractivity contribution in [1.82, 2.24) is 9.66 Å². The van der Waals surface area contributed by atoms with Crippen LogP contribution in [0.15, 0.2) is 33.5 Å². The molecule has 1 aromatic carbocycles. The molecule has 5 heteroatoms. The number of hydrogen-bond acceptors (Lipinski definition) is 4. The average molecular weight is 311 g/mol. The maximum absolute atomic E-state index is 12.1. The summed E-state index contributed by atoms with van der Waals surface area (Å²) < 4.78 is 7.41. The Hall–Kier alpha value is -2.56. The van der Waals surface area contributed by atoms with Crippen molar-refractivity contribution >= 4 is 11.1 Å². The third kappa shape index (κ3) is 2.74. The molecule has 0 spiro atoms. The monoisotopic (exact) mass is 311 g/mol. The lowest BCUT2D eigenvalue weighted by atomic mass is 10.1. The van der Waals surface area contributed by atoms with Gasteiger partial charge in [0.15, 0.2) is 5.58 Å². The largest absolute Gasteiger partial charge is 0.438 e. The molecule has 0 atom stereocenters. The van der Waals surface area contributed by atoms with Gasteiger partial charge in [-0.15, -0.1) is 0 Å². The van der Waals surface area contributed by atoms with Crippen molar-refractivity contribution in [1.29, 1.82) is 0 Å². The van der Waals surface area contributed by atoms with E-state index in [0.29, 0.717) is 12.4 Å². The second-order valence-electron chi connectivity index (χ2n) is 5.79. The van der Waals surface area contributed by atoms with E-state index in [1.165, 1.54) is 0 Å². The highest BCUT2D eigenvalue weighted by atomic mass is 16.3. The quantitative estimate of drug-likeness (QED) is 0.803. The highest BCUT2D eigenvalue weighted by molar-refractivity contribution is 5.79. The fourth-order valence-electron chi connectivity index (χ4n) is 2.77. The number of nitrogens with one attached hydrogen (secondary N) is 1. The van der Waals surface area contributed by atoms with Gasteiger partial charge in [0.1, 0.15) is 12.1 Å². The minimum Gasteiger partial charge on any atom is -0.438 e. The number of rotatable bonds is 4. The van der Waals surface area contributed by atoms with Gasteiger partial charge in [0, 0.05) is 11.8 Å². The number of pyridine rings is 1. The average Bonchev–Trinajstić information content (AvgIpc) is 2.96. The predicted octanol–water partition coefficient (Wildman–Crippen LogP) is 3.22. The number of hydrogen-bond donors (Lipinski definition) is 1. The van der Waals surface area contributed by atoms with Crippen LogP contribution >= 0.6 is 0 Å². The van der Waals surface area contributed by atoms with E-state index in [1.54, 1.807) is 10.7 Å². The number of aryl methyl sites for hydroxylation is 3. The number of benzene rings is 1. The smallest absolute Gasteiger partial charge is 0.269 e. The summed E-state index contributed by atoms with van der Waals surface area (Å²) in [6.07, 6.45) is 0.884. The van der Waals surface area contributed by atoms with Crippen LogP contribution in [0.3, 0.4) is 0 Å². The van der Waals surface area contributed by atoms with Crippen molar-refractivity contribution in [2.45, 2.75) is 40.7 Å². The topological polar surface area (TPSA) is 60.1 Å². The summed E-state index contributed by atoms with van der Waals surface area (Å²) in [4.78, 5) is 16.6. The van der Waals surface area contributed by atoms with E-state index in [9.17, 15) is 4.79 Å². The Kier molecular flexibility index (Phi) is 3.94. The summed E-state index contributed by atoms with van der Waals surface area (Å²) in [5.41, 5.74) is 8.94. The Labute approximate surface area is 134 Å². The van der Waals surface area contributed by atoms with Crippen molar-refractivity contribution in [3.05, 3.63) is 62.9 Å². The Morgan fingerprint density at radius 2 is 1.87 bits per heavy atom. The maximum Gasteiger partial charge on any atom is 0.269 e. The summed E-state index contributed by atoms with van der Waals surface area (Å²) in [6, 6.07) is 7.53. The summed E-state index contributed by atoms with van der Waals surface area (Å²) in [7, 11) is 0. The zero-order chi connectivity index (χ0) is 16.6. The Morgan fingerprint density at radius 3 is 2.57 bits per heavy atom. The van der Waals surface area contributed by atoms with E-state index in [-0.39, 0.29) is 5.56 Å². The van der Waals surface area contributed by atoms with E-state index >= 15 is 0 Å². The molecule has 0 saturated heterocycles. The van der Waals surface area contributed by atoms with Gasteiger partial charge in [-0.3, -0.25) is 4.79 Å². The molecule has 0 unspecified atom stereocenters. The van der Waals surface area contributed by atoms with Gasteiger partial charge < -0.3 is 9.84 Å². The van der Waals surface area contributed by atoms with Crippen LogP contribution in [0.2, 0.25) is 0 Å². The van der Waals surface area contributed by atoms with Gasteiger partial charge in [0.05, 0.1) is 0 Å². The van der Waals surface area contributed by atoms with E-state index in [0.717, 1.165) is 39.9 Å². The van der Waals surface area contributed by atoms with Crippen LogP contribution in [0.5, 0.6) is 0 Å². The Morgan fingerprint density at radius 1 is 1.13 bits per heavy atom. The molecular formula is C18H21N3O2. The molecule has 2 aromatic heterocycles. The minimum absolute atomic E-state index is 0.0804. The number of nitrogens with zero attached hydrogens (tertiary/aromatic N) is 2. The van der Waals surface area contributed by atoms with Gasteiger partial charge in [0.25, 0.3) is 5.56 Å². The van der Waals surface area contributed by atoms with E-state index in [2.05, 4.69) is 17.3 Å². The van der Waals surface area contributed by atoms with Gasteiger partial charge in [-0.1, -0.05) is 25.1 Å². The van der Waals surface area contributed by atoms with E-state index in [4.69, 9.17) is 4.42 Å². The molecule has 0 radical (unpaired) electrons. The highest BCUT2D eigenvalue weighted by Crippen LogP contribution is 2.22. The molecule has 0 fully saturated rings. The standard InChI is InChI=1S/C18H21N3O2/c1-5-14-8-9-16(22)21(13(14)4)19-10-15-20-17-11(2)6-7-12(3)18(17)23-15/h6-9,19H,5,10H2,1-4H3. The van der Waals surface area contributed by atoms with Crippen molar-refractivity contribution in [2.24, 2.45) is 0 Å². The van der Waals surface area contributed by atoms with Gasteiger partial charge in [-0.05, 0) is 43.9 Å². The fraction of sp³-hybridized carbons (Fsp3) is 0.333. The fourth-order valence-corrected chi connectivity index (χ4v) is 2.77. The first-order chi connectivity index (χ1) is 11.0. The third-order valence-corrected chi connectivity index (χ3v) is 4.20. The van der Waals surface area contributed by atoms with Crippen molar-refractivity contribution in [2.75, 3.05) is 5.43 Å². The SMILES string of the molecule is CCc1ccc(=O)n(NCc2nc3c(C)ccc(C)c3o2)c1C. The molecule has 2 heterocycles. The zero-order valence-electron chi connectivity index (χ0n) is 13.9. The van der Waals surface area contributed by atoms with Crippen LogP contribution in [0.4, 0.5) is 0 Å². The van der Waals surface area contributed by atoms with Crippen molar-refractivity contribution < 1.29 is 4.42 Å². The highest BCUT2D eigenvalue weighted by Gasteiger charge is 2.11.